The predicted octanol–water partition coefficient (Wildman–Crippen LogP) is 5.44. The number of methoxy groups -OCH3 is 1. The van der Waals surface area contributed by atoms with E-state index in [2.05, 4.69) is 16.0 Å². The average molecular weight is 550 g/mol. The van der Waals surface area contributed by atoms with Crippen LogP contribution in [-0.2, 0) is 11.2 Å². The molecule has 4 aromatic rings. The lowest BCUT2D eigenvalue weighted by Gasteiger charge is -2.19. The van der Waals surface area contributed by atoms with Crippen LogP contribution in [0.4, 0.5) is 5.69 Å². The van der Waals surface area contributed by atoms with Crippen LogP contribution in [0.25, 0.3) is 11.1 Å². The number of nitrogens with one attached hydrogen (secondary N) is 3. The second kappa shape index (κ2) is 13.9. The SMILES string of the molecule is COc1ccc(NCCNC(=O)[C@H](Cc2ccc(-c3cccc(C(C)=O)c3)cc2)NC(=O)c2cccc(C)c2)cc1. The number of Topliss-reactive ketones (excluding diaryl/α,β-unsaturated/α-hetero) is 1. The van der Waals surface area contributed by atoms with E-state index in [1.54, 1.807) is 32.2 Å². The minimum atomic E-state index is -0.768. The first kappa shape index (κ1) is 29.1. The van der Waals surface area contributed by atoms with Crippen LogP contribution >= 0.6 is 0 Å². The maximum atomic E-state index is 13.3. The summed E-state index contributed by atoms with van der Waals surface area (Å²) in [5.74, 6) is 0.221. The molecule has 0 aliphatic carbocycles. The van der Waals surface area contributed by atoms with E-state index in [-0.39, 0.29) is 17.6 Å². The molecule has 41 heavy (non-hydrogen) atoms. The molecule has 4 rings (SSSR count). The summed E-state index contributed by atoms with van der Waals surface area (Å²) in [6, 6.07) is 29.4. The van der Waals surface area contributed by atoms with Crippen molar-refractivity contribution >= 4 is 23.3 Å². The Hall–Kier alpha value is -4.91. The van der Waals surface area contributed by atoms with Gasteiger partial charge in [-0.2, -0.15) is 0 Å². The molecule has 0 aliphatic heterocycles. The summed E-state index contributed by atoms with van der Waals surface area (Å²) in [6.45, 7) is 4.37. The third-order valence-corrected chi connectivity index (χ3v) is 6.74. The highest BCUT2D eigenvalue weighted by Gasteiger charge is 2.22. The molecular weight excluding hydrogens is 514 g/mol. The molecule has 0 bridgehead atoms. The summed E-state index contributed by atoms with van der Waals surface area (Å²) in [6.07, 6.45) is 0.322. The highest BCUT2D eigenvalue weighted by Crippen LogP contribution is 2.22. The Morgan fingerprint density at radius 1 is 0.780 bits per heavy atom. The van der Waals surface area contributed by atoms with Gasteiger partial charge in [-0.25, -0.2) is 0 Å². The molecule has 0 saturated heterocycles. The number of rotatable bonds is 12. The van der Waals surface area contributed by atoms with Crippen LogP contribution in [-0.4, -0.2) is 43.8 Å². The van der Waals surface area contributed by atoms with Crippen LogP contribution in [0.3, 0.4) is 0 Å². The fourth-order valence-electron chi connectivity index (χ4n) is 4.45. The van der Waals surface area contributed by atoms with Crippen molar-refractivity contribution in [3.05, 3.63) is 119 Å². The lowest BCUT2D eigenvalue weighted by Crippen LogP contribution is -2.48. The van der Waals surface area contributed by atoms with Gasteiger partial charge in [0, 0.05) is 36.3 Å². The third-order valence-electron chi connectivity index (χ3n) is 6.74. The molecular formula is C34H35N3O4. The molecule has 0 fully saturated rings. The molecule has 0 unspecified atom stereocenters. The van der Waals surface area contributed by atoms with Gasteiger partial charge in [-0.15, -0.1) is 0 Å². The Morgan fingerprint density at radius 2 is 1.49 bits per heavy atom. The maximum absolute atomic E-state index is 13.3. The normalized spacial score (nSPS) is 11.3. The zero-order valence-electron chi connectivity index (χ0n) is 23.6. The van der Waals surface area contributed by atoms with Gasteiger partial charge in [0.1, 0.15) is 11.8 Å². The minimum Gasteiger partial charge on any atom is -0.497 e. The van der Waals surface area contributed by atoms with Crippen molar-refractivity contribution in [1.82, 2.24) is 10.6 Å². The number of ether oxygens (including phenoxy) is 1. The molecule has 3 N–H and O–H groups in total. The minimum absolute atomic E-state index is 0.0147. The molecule has 7 heteroatoms. The Labute approximate surface area is 240 Å². The number of carbonyl (C=O) groups is 3. The molecule has 2 amide bonds. The van der Waals surface area contributed by atoms with Crippen molar-refractivity contribution in [3.63, 3.8) is 0 Å². The Balaban J connectivity index is 1.43. The highest BCUT2D eigenvalue weighted by molar-refractivity contribution is 5.98. The van der Waals surface area contributed by atoms with Gasteiger partial charge < -0.3 is 20.7 Å². The zero-order valence-corrected chi connectivity index (χ0v) is 23.6. The first-order chi connectivity index (χ1) is 19.8. The molecule has 0 spiro atoms. The van der Waals surface area contributed by atoms with Crippen LogP contribution < -0.4 is 20.7 Å². The van der Waals surface area contributed by atoms with Crippen LogP contribution in [0.2, 0.25) is 0 Å². The fraction of sp³-hybridized carbons (Fsp3) is 0.206. The van der Waals surface area contributed by atoms with Crippen LogP contribution in [0.5, 0.6) is 5.75 Å². The van der Waals surface area contributed by atoms with Crippen LogP contribution in [0.15, 0.2) is 97.1 Å². The van der Waals surface area contributed by atoms with E-state index >= 15 is 0 Å². The van der Waals surface area contributed by atoms with Crippen LogP contribution in [0.1, 0.15) is 38.8 Å². The van der Waals surface area contributed by atoms with Crippen molar-refractivity contribution in [2.24, 2.45) is 0 Å². The second-order valence-electron chi connectivity index (χ2n) is 9.88. The molecule has 4 aromatic carbocycles. The average Bonchev–Trinajstić information content (AvgIpc) is 2.99. The van der Waals surface area contributed by atoms with Gasteiger partial charge in [0.25, 0.3) is 5.91 Å². The summed E-state index contributed by atoms with van der Waals surface area (Å²) >= 11 is 0. The van der Waals surface area contributed by atoms with Crippen molar-refractivity contribution in [2.45, 2.75) is 26.3 Å². The Bertz CT molecular complexity index is 1500. The summed E-state index contributed by atoms with van der Waals surface area (Å²) in [5, 5.41) is 9.14. The third kappa shape index (κ3) is 8.29. The van der Waals surface area contributed by atoms with Crippen molar-refractivity contribution in [2.75, 3.05) is 25.5 Å². The van der Waals surface area contributed by atoms with Gasteiger partial charge in [0.2, 0.25) is 5.91 Å². The van der Waals surface area contributed by atoms with Gasteiger partial charge in [-0.05, 0) is 73.0 Å². The lowest BCUT2D eigenvalue weighted by atomic mass is 9.98. The highest BCUT2D eigenvalue weighted by atomic mass is 16.5. The fourth-order valence-corrected chi connectivity index (χ4v) is 4.45. The van der Waals surface area contributed by atoms with Gasteiger partial charge in [0.05, 0.1) is 7.11 Å². The first-order valence-corrected chi connectivity index (χ1v) is 13.6. The number of hydrogen-bond acceptors (Lipinski definition) is 5. The quantitative estimate of drug-likeness (QED) is 0.162. The molecule has 0 heterocycles. The summed E-state index contributed by atoms with van der Waals surface area (Å²) in [7, 11) is 1.62. The van der Waals surface area contributed by atoms with Gasteiger partial charge in [-0.1, -0.05) is 60.2 Å². The monoisotopic (exact) mass is 549 g/mol. The van der Waals surface area contributed by atoms with Gasteiger partial charge in [-0.3, -0.25) is 14.4 Å². The Morgan fingerprint density at radius 3 is 2.17 bits per heavy atom. The standard InChI is InChI=1S/C34H35N3O4/c1-23-6-4-9-29(20-23)33(39)37-32(34(40)36-19-18-35-30-14-16-31(41-3)17-15-30)21-25-10-12-26(13-11-25)28-8-5-7-27(22-28)24(2)38/h4-17,20,22,32,35H,18-19,21H2,1-3H3,(H,36,40)(H,37,39)/t32-/m0/s1. The molecule has 1 atom stereocenters. The topological polar surface area (TPSA) is 96.5 Å². The van der Waals surface area contributed by atoms with Gasteiger partial charge >= 0.3 is 0 Å². The van der Waals surface area contributed by atoms with E-state index in [9.17, 15) is 14.4 Å². The van der Waals surface area contributed by atoms with Crippen molar-refractivity contribution < 1.29 is 19.1 Å². The van der Waals surface area contributed by atoms with E-state index in [4.69, 9.17) is 4.74 Å². The van der Waals surface area contributed by atoms with E-state index in [0.29, 0.717) is 30.6 Å². The largest absolute Gasteiger partial charge is 0.497 e. The number of hydrogen-bond donors (Lipinski definition) is 3. The predicted molar refractivity (Wildman–Crippen MR) is 163 cm³/mol. The summed E-state index contributed by atoms with van der Waals surface area (Å²) in [4.78, 5) is 38.1. The van der Waals surface area contributed by atoms with E-state index < -0.39 is 6.04 Å². The number of amides is 2. The molecule has 0 saturated carbocycles. The maximum Gasteiger partial charge on any atom is 0.251 e. The van der Waals surface area contributed by atoms with Crippen LogP contribution in [0, 0.1) is 6.92 Å². The second-order valence-corrected chi connectivity index (χ2v) is 9.88. The van der Waals surface area contributed by atoms with E-state index in [1.807, 2.05) is 85.8 Å². The number of ketones is 1. The molecule has 0 aromatic heterocycles. The smallest absolute Gasteiger partial charge is 0.251 e. The number of anilines is 1. The lowest BCUT2D eigenvalue weighted by molar-refractivity contribution is -0.122. The first-order valence-electron chi connectivity index (χ1n) is 13.6. The zero-order chi connectivity index (χ0) is 29.2. The summed E-state index contributed by atoms with van der Waals surface area (Å²) in [5.41, 5.74) is 5.85. The Kier molecular flexibility index (Phi) is 9.89. The molecule has 0 aliphatic rings. The number of carbonyl (C=O) groups excluding carboxylic acids is 3. The van der Waals surface area contributed by atoms with Gasteiger partial charge in [0.15, 0.2) is 5.78 Å². The molecule has 0 radical (unpaired) electrons. The van der Waals surface area contributed by atoms with E-state index in [0.717, 1.165) is 33.7 Å². The van der Waals surface area contributed by atoms with Crippen molar-refractivity contribution in [1.29, 1.82) is 0 Å². The number of aryl methyl sites for hydroxylation is 1. The molecule has 210 valence electrons. The number of benzene rings is 4. The van der Waals surface area contributed by atoms with Crippen molar-refractivity contribution in [3.8, 4) is 16.9 Å². The molecule has 7 nitrogen and oxygen atoms in total. The van der Waals surface area contributed by atoms with E-state index in [1.165, 1.54) is 0 Å². The summed E-state index contributed by atoms with van der Waals surface area (Å²) < 4.78 is 5.18.